The molecule has 0 fully saturated rings. The number of rotatable bonds is 13. The Hall–Kier alpha value is -2.60. The van der Waals surface area contributed by atoms with Gasteiger partial charge in [-0.3, -0.25) is 9.59 Å². The van der Waals surface area contributed by atoms with Crippen molar-refractivity contribution in [2.24, 2.45) is 0 Å². The lowest BCUT2D eigenvalue weighted by Crippen LogP contribution is -2.29. The molecular weight excluding hydrogens is 494 g/mol. The second kappa shape index (κ2) is 12.9. The lowest BCUT2D eigenvalue weighted by molar-refractivity contribution is -0.151. The van der Waals surface area contributed by atoms with Gasteiger partial charge in [-0.1, -0.05) is 17.7 Å². The lowest BCUT2D eigenvalue weighted by atomic mass is 10.2. The molecule has 0 saturated heterocycles. The fourth-order valence-electron chi connectivity index (χ4n) is 2.95. The van der Waals surface area contributed by atoms with Crippen molar-refractivity contribution < 1.29 is 35.8 Å². The fourth-order valence-corrected chi connectivity index (χ4v) is 6.57. The zero-order valence-electron chi connectivity index (χ0n) is 20.6. The van der Waals surface area contributed by atoms with E-state index in [0.717, 1.165) is 5.56 Å². The second-order valence-corrected chi connectivity index (χ2v) is 13.3. The highest BCUT2D eigenvalue weighted by atomic mass is 32.3. The zero-order valence-corrected chi connectivity index (χ0v) is 22.2. The monoisotopic (exact) mass is 527 g/mol. The Kier molecular flexibility index (Phi) is 10.6. The molecule has 1 atom stereocenters. The normalized spacial score (nSPS) is 13.1. The maximum absolute atomic E-state index is 12.6. The SMILES string of the molecule is CCOCC(COc1ccc(NC(=O)CS(C)(C)OS(=O)(=O)c2ccc(C)cc2)cc1)OC(C)=O. The van der Waals surface area contributed by atoms with Gasteiger partial charge in [0.25, 0.3) is 0 Å². The van der Waals surface area contributed by atoms with Crippen LogP contribution < -0.4 is 10.1 Å². The molecule has 0 spiro atoms. The summed E-state index contributed by atoms with van der Waals surface area (Å²) < 4.78 is 46.7. The summed E-state index contributed by atoms with van der Waals surface area (Å²) in [4.78, 5) is 23.8. The largest absolute Gasteiger partial charge is 0.490 e. The highest BCUT2D eigenvalue weighted by Crippen LogP contribution is 2.44. The highest BCUT2D eigenvalue weighted by molar-refractivity contribution is 8.32. The van der Waals surface area contributed by atoms with Crippen molar-refractivity contribution in [3.8, 4) is 5.75 Å². The highest BCUT2D eigenvalue weighted by Gasteiger charge is 2.27. The number of esters is 1. The molecule has 11 heteroatoms. The van der Waals surface area contributed by atoms with E-state index in [1.807, 2.05) is 13.8 Å². The standard InChI is InChI=1S/C24H33NO8S2/c1-6-30-15-22(32-19(3)26)16-31-21-11-9-20(10-12-21)25-24(27)17-34(4,5)33-35(28,29)23-13-7-18(2)8-14-23/h7-14,22H,6,15-17H2,1-5H3,(H,25,27). The molecule has 35 heavy (non-hydrogen) atoms. The van der Waals surface area contributed by atoms with Crippen molar-refractivity contribution in [3.63, 3.8) is 0 Å². The van der Waals surface area contributed by atoms with Crippen LogP contribution >= 0.6 is 10.3 Å². The Morgan fingerprint density at radius 2 is 1.60 bits per heavy atom. The summed E-state index contributed by atoms with van der Waals surface area (Å²) in [6.45, 7) is 5.86. The van der Waals surface area contributed by atoms with Gasteiger partial charge in [0.2, 0.25) is 5.91 Å². The summed E-state index contributed by atoms with van der Waals surface area (Å²) in [6.07, 6.45) is 2.71. The van der Waals surface area contributed by atoms with Gasteiger partial charge in [0.15, 0.2) is 6.10 Å². The molecule has 2 aromatic carbocycles. The van der Waals surface area contributed by atoms with E-state index >= 15 is 0 Å². The van der Waals surface area contributed by atoms with Crippen LogP contribution in [0, 0.1) is 6.92 Å². The number of ether oxygens (including phenoxy) is 3. The summed E-state index contributed by atoms with van der Waals surface area (Å²) in [5.74, 6) is -0.366. The number of aryl methyl sites for hydroxylation is 1. The van der Waals surface area contributed by atoms with Crippen LogP contribution in [0.2, 0.25) is 0 Å². The molecule has 1 amide bonds. The molecule has 0 aliphatic rings. The summed E-state index contributed by atoms with van der Waals surface area (Å²) in [5.41, 5.74) is 1.45. The van der Waals surface area contributed by atoms with E-state index in [1.54, 1.807) is 48.9 Å². The minimum Gasteiger partial charge on any atom is -0.490 e. The Morgan fingerprint density at radius 3 is 2.17 bits per heavy atom. The molecule has 0 radical (unpaired) electrons. The molecule has 0 bridgehead atoms. The number of carbonyl (C=O) groups is 2. The fraction of sp³-hybridized carbons (Fsp3) is 0.417. The predicted molar refractivity (Wildman–Crippen MR) is 136 cm³/mol. The van der Waals surface area contributed by atoms with Gasteiger partial charge in [0.1, 0.15) is 12.4 Å². The van der Waals surface area contributed by atoms with Crippen LogP contribution in [-0.2, 0) is 32.8 Å². The van der Waals surface area contributed by atoms with Crippen LogP contribution in [0.25, 0.3) is 0 Å². The molecule has 1 unspecified atom stereocenters. The van der Waals surface area contributed by atoms with Crippen molar-refractivity contribution in [2.75, 3.05) is 43.4 Å². The van der Waals surface area contributed by atoms with Crippen molar-refractivity contribution in [1.29, 1.82) is 0 Å². The molecule has 194 valence electrons. The van der Waals surface area contributed by atoms with Gasteiger partial charge in [-0.2, -0.15) is 8.42 Å². The van der Waals surface area contributed by atoms with E-state index in [1.165, 1.54) is 19.1 Å². The van der Waals surface area contributed by atoms with Gasteiger partial charge in [0.05, 0.1) is 17.3 Å². The average Bonchev–Trinajstić information content (AvgIpc) is 2.75. The smallest absolute Gasteiger partial charge is 0.306 e. The van der Waals surface area contributed by atoms with Gasteiger partial charge in [0, 0.05) is 19.2 Å². The third-order valence-electron chi connectivity index (χ3n) is 4.48. The van der Waals surface area contributed by atoms with Gasteiger partial charge in [-0.25, -0.2) is 3.63 Å². The first-order valence-electron chi connectivity index (χ1n) is 10.9. The van der Waals surface area contributed by atoms with E-state index in [-0.39, 0.29) is 29.8 Å². The van der Waals surface area contributed by atoms with Gasteiger partial charge >= 0.3 is 16.1 Å². The number of hydrogen-bond acceptors (Lipinski definition) is 8. The summed E-state index contributed by atoms with van der Waals surface area (Å²) in [6, 6.07) is 13.0. The summed E-state index contributed by atoms with van der Waals surface area (Å²) in [7, 11) is -6.22. The van der Waals surface area contributed by atoms with E-state index in [9.17, 15) is 18.0 Å². The average molecular weight is 528 g/mol. The Balaban J connectivity index is 1.90. The van der Waals surface area contributed by atoms with Crippen LogP contribution in [0.15, 0.2) is 53.4 Å². The molecule has 1 N–H and O–H groups in total. The first kappa shape index (κ1) is 28.6. The molecule has 0 aliphatic heterocycles. The number of benzene rings is 2. The van der Waals surface area contributed by atoms with Crippen LogP contribution in [0.5, 0.6) is 5.75 Å². The molecule has 9 nitrogen and oxygen atoms in total. The van der Waals surface area contributed by atoms with Crippen LogP contribution in [0.1, 0.15) is 19.4 Å². The van der Waals surface area contributed by atoms with Crippen molar-refractivity contribution >= 4 is 38.0 Å². The molecule has 0 saturated carbocycles. The third kappa shape index (κ3) is 10.3. The van der Waals surface area contributed by atoms with Crippen LogP contribution in [0.3, 0.4) is 0 Å². The Labute approximate surface area is 208 Å². The van der Waals surface area contributed by atoms with Crippen LogP contribution in [-0.4, -0.2) is 64.5 Å². The Bertz CT molecular complexity index is 1080. The van der Waals surface area contributed by atoms with E-state index < -0.39 is 32.5 Å². The molecule has 0 aliphatic carbocycles. The van der Waals surface area contributed by atoms with E-state index in [4.69, 9.17) is 17.8 Å². The minimum absolute atomic E-state index is 0.0527. The molecule has 2 rings (SSSR count). The number of carbonyl (C=O) groups excluding carboxylic acids is 2. The number of nitrogens with one attached hydrogen (secondary N) is 1. The molecule has 0 aromatic heterocycles. The van der Waals surface area contributed by atoms with Crippen LogP contribution in [0.4, 0.5) is 5.69 Å². The maximum atomic E-state index is 12.6. The second-order valence-electron chi connectivity index (χ2n) is 8.19. The summed E-state index contributed by atoms with van der Waals surface area (Å²) >= 11 is 0. The molecule has 2 aromatic rings. The molecular formula is C24H33NO8S2. The third-order valence-corrected chi connectivity index (χ3v) is 8.47. The number of anilines is 1. The van der Waals surface area contributed by atoms with E-state index in [2.05, 4.69) is 5.32 Å². The first-order valence-corrected chi connectivity index (χ1v) is 14.9. The Morgan fingerprint density at radius 1 is 0.971 bits per heavy atom. The van der Waals surface area contributed by atoms with Gasteiger partial charge < -0.3 is 19.5 Å². The summed E-state index contributed by atoms with van der Waals surface area (Å²) in [5, 5.41) is 2.74. The molecule has 0 heterocycles. The van der Waals surface area contributed by atoms with Crippen molar-refractivity contribution in [3.05, 3.63) is 54.1 Å². The lowest BCUT2D eigenvalue weighted by Gasteiger charge is -2.29. The maximum Gasteiger partial charge on any atom is 0.306 e. The number of amides is 1. The minimum atomic E-state index is -3.99. The van der Waals surface area contributed by atoms with E-state index in [0.29, 0.717) is 18.0 Å². The predicted octanol–water partition coefficient (Wildman–Crippen LogP) is 3.67. The van der Waals surface area contributed by atoms with Gasteiger partial charge in [-0.15, -0.1) is 10.3 Å². The van der Waals surface area contributed by atoms with Gasteiger partial charge in [-0.05, 0) is 62.8 Å². The van der Waals surface area contributed by atoms with Crippen molar-refractivity contribution in [2.45, 2.75) is 31.8 Å². The van der Waals surface area contributed by atoms with Crippen molar-refractivity contribution in [1.82, 2.24) is 0 Å². The topological polar surface area (TPSA) is 117 Å². The quantitative estimate of drug-likeness (QED) is 0.392. The first-order chi connectivity index (χ1) is 16.4. The number of hydrogen-bond donors (Lipinski definition) is 1. The zero-order chi connectivity index (χ0) is 26.1.